The van der Waals surface area contributed by atoms with Gasteiger partial charge in [-0.25, -0.2) is 15.0 Å². The monoisotopic (exact) mass is 546 g/mol. The van der Waals surface area contributed by atoms with Crippen LogP contribution in [0.25, 0.3) is 10.9 Å². The van der Waals surface area contributed by atoms with Crippen LogP contribution in [0, 0.1) is 0 Å². The van der Waals surface area contributed by atoms with Crippen molar-refractivity contribution in [1.82, 2.24) is 19.9 Å². The molecule has 202 valence electrons. The number of hydrogen-bond donors (Lipinski definition) is 2. The van der Waals surface area contributed by atoms with Crippen LogP contribution in [0.4, 0.5) is 17.3 Å². The molecule has 0 spiro atoms. The molecule has 2 aromatic carbocycles. The van der Waals surface area contributed by atoms with E-state index in [4.69, 9.17) is 21.1 Å². The van der Waals surface area contributed by atoms with Crippen LogP contribution >= 0.6 is 11.6 Å². The topological polar surface area (TPSA) is 102 Å². The summed E-state index contributed by atoms with van der Waals surface area (Å²) in [6.07, 6.45) is 6.62. The van der Waals surface area contributed by atoms with E-state index in [0.717, 1.165) is 23.9 Å². The highest BCUT2D eigenvalue weighted by Gasteiger charge is 2.19. The molecule has 1 fully saturated rings. The maximum Gasteiger partial charge on any atom is 0.256 e. The van der Waals surface area contributed by atoms with Crippen LogP contribution < -0.4 is 20.1 Å². The summed E-state index contributed by atoms with van der Waals surface area (Å²) in [5.41, 5.74) is 1.89. The second-order valence-electron chi connectivity index (χ2n) is 9.49. The van der Waals surface area contributed by atoms with Crippen molar-refractivity contribution in [3.63, 3.8) is 0 Å². The molecule has 0 radical (unpaired) electrons. The standard InChI is InChI=1S/C29H31ClN6O3/c1-19-6-4-11-36(19)12-5-13-39-26-16-24-23(15-25(26)38-2)28(33-18-32-24)34-22-9-10-27(31-17-22)35-29(37)20-7-3-8-21(30)14-20/h3,7-10,14-19H,4-6,11-13H2,1-2H3,(H,31,35,37)(H,32,33,34)/t19-/m1/s1. The first-order valence-electron chi connectivity index (χ1n) is 13.0. The number of benzene rings is 2. The summed E-state index contributed by atoms with van der Waals surface area (Å²) in [5, 5.41) is 7.33. The van der Waals surface area contributed by atoms with Gasteiger partial charge in [0.2, 0.25) is 0 Å². The van der Waals surface area contributed by atoms with Gasteiger partial charge < -0.3 is 25.0 Å². The first kappa shape index (κ1) is 26.6. The molecule has 0 bridgehead atoms. The molecule has 0 aliphatic carbocycles. The van der Waals surface area contributed by atoms with Crippen LogP contribution in [0.2, 0.25) is 5.02 Å². The van der Waals surface area contributed by atoms with Crippen LogP contribution in [-0.4, -0.2) is 58.6 Å². The van der Waals surface area contributed by atoms with Crippen LogP contribution in [0.1, 0.15) is 36.5 Å². The highest BCUT2D eigenvalue weighted by molar-refractivity contribution is 6.31. The number of carbonyl (C=O) groups is 1. The molecule has 4 aromatic rings. The molecule has 9 nitrogen and oxygen atoms in total. The van der Waals surface area contributed by atoms with Gasteiger partial charge in [0.25, 0.3) is 5.91 Å². The number of rotatable bonds is 10. The number of anilines is 3. The molecule has 2 N–H and O–H groups in total. The fourth-order valence-corrected chi connectivity index (χ4v) is 4.90. The molecule has 1 aliphatic heterocycles. The smallest absolute Gasteiger partial charge is 0.256 e. The van der Waals surface area contributed by atoms with E-state index in [0.29, 0.717) is 52.1 Å². The molecule has 1 aliphatic rings. The van der Waals surface area contributed by atoms with Crippen LogP contribution in [0.5, 0.6) is 11.5 Å². The maximum absolute atomic E-state index is 12.5. The number of amides is 1. The zero-order valence-corrected chi connectivity index (χ0v) is 22.7. The van der Waals surface area contributed by atoms with E-state index in [1.165, 1.54) is 25.7 Å². The lowest BCUT2D eigenvalue weighted by Crippen LogP contribution is -2.28. The molecule has 10 heteroatoms. The number of hydrogen-bond acceptors (Lipinski definition) is 8. The van der Waals surface area contributed by atoms with Crippen molar-refractivity contribution in [3.8, 4) is 11.5 Å². The SMILES string of the molecule is COc1cc2c(Nc3ccc(NC(=O)c4cccc(Cl)c4)nc3)ncnc2cc1OCCCN1CCC[C@H]1C. The Kier molecular flexibility index (Phi) is 8.39. The molecule has 2 aromatic heterocycles. The zero-order chi connectivity index (χ0) is 27.2. The minimum absolute atomic E-state index is 0.289. The van der Waals surface area contributed by atoms with E-state index < -0.39 is 0 Å². The Labute approximate surface area is 232 Å². The second kappa shape index (κ2) is 12.3. The number of nitrogens with zero attached hydrogens (tertiary/aromatic N) is 4. The summed E-state index contributed by atoms with van der Waals surface area (Å²) in [6.45, 7) is 5.09. The molecule has 5 rings (SSSR count). The molecule has 0 unspecified atom stereocenters. The number of aromatic nitrogens is 3. The van der Waals surface area contributed by atoms with Gasteiger partial charge in [0.05, 0.1) is 31.1 Å². The van der Waals surface area contributed by atoms with E-state index in [2.05, 4.69) is 37.4 Å². The number of methoxy groups -OCH3 is 1. The lowest BCUT2D eigenvalue weighted by Gasteiger charge is -2.21. The van der Waals surface area contributed by atoms with Gasteiger partial charge >= 0.3 is 0 Å². The van der Waals surface area contributed by atoms with Crippen molar-refractivity contribution < 1.29 is 14.3 Å². The molecular formula is C29H31ClN6O3. The van der Waals surface area contributed by atoms with E-state index in [1.807, 2.05) is 18.2 Å². The predicted molar refractivity (Wildman–Crippen MR) is 153 cm³/mol. The van der Waals surface area contributed by atoms with Crippen molar-refractivity contribution >= 4 is 45.7 Å². The van der Waals surface area contributed by atoms with E-state index in [1.54, 1.807) is 43.6 Å². The third-order valence-electron chi connectivity index (χ3n) is 6.81. The van der Waals surface area contributed by atoms with Crippen LogP contribution in [0.3, 0.4) is 0 Å². The van der Waals surface area contributed by atoms with Gasteiger partial charge in [-0.15, -0.1) is 0 Å². The van der Waals surface area contributed by atoms with E-state index >= 15 is 0 Å². The minimum Gasteiger partial charge on any atom is -0.493 e. The summed E-state index contributed by atoms with van der Waals surface area (Å²) < 4.78 is 11.7. The molecular weight excluding hydrogens is 516 g/mol. The van der Waals surface area contributed by atoms with Crippen molar-refractivity contribution in [2.45, 2.75) is 32.2 Å². The Morgan fingerprint density at radius 1 is 1.13 bits per heavy atom. The Bertz CT molecular complexity index is 1450. The van der Waals surface area contributed by atoms with Gasteiger partial charge in [0, 0.05) is 34.6 Å². The fraction of sp³-hybridized carbons (Fsp3) is 0.310. The fourth-order valence-electron chi connectivity index (χ4n) is 4.71. The Hall–Kier alpha value is -3.95. The van der Waals surface area contributed by atoms with Gasteiger partial charge in [0.1, 0.15) is 18.0 Å². The third-order valence-corrected chi connectivity index (χ3v) is 7.05. The summed E-state index contributed by atoms with van der Waals surface area (Å²) in [7, 11) is 1.62. The summed E-state index contributed by atoms with van der Waals surface area (Å²) >= 11 is 5.98. The van der Waals surface area contributed by atoms with Gasteiger partial charge in [-0.05, 0) is 69.1 Å². The number of nitrogens with one attached hydrogen (secondary N) is 2. The molecule has 0 saturated carbocycles. The Morgan fingerprint density at radius 3 is 2.77 bits per heavy atom. The maximum atomic E-state index is 12.5. The lowest BCUT2D eigenvalue weighted by molar-refractivity contribution is 0.102. The van der Waals surface area contributed by atoms with Crippen molar-refractivity contribution in [2.24, 2.45) is 0 Å². The molecule has 1 saturated heterocycles. The molecule has 39 heavy (non-hydrogen) atoms. The Balaban J connectivity index is 1.25. The van der Waals surface area contributed by atoms with Gasteiger partial charge in [-0.2, -0.15) is 0 Å². The second-order valence-corrected chi connectivity index (χ2v) is 9.93. The van der Waals surface area contributed by atoms with Crippen LogP contribution in [-0.2, 0) is 0 Å². The average Bonchev–Trinajstić information content (AvgIpc) is 3.36. The third kappa shape index (κ3) is 6.55. The number of pyridine rings is 1. The first-order chi connectivity index (χ1) is 19.0. The highest BCUT2D eigenvalue weighted by Crippen LogP contribution is 2.35. The number of carbonyl (C=O) groups excluding carboxylic acids is 1. The predicted octanol–water partition coefficient (Wildman–Crippen LogP) is 5.94. The largest absolute Gasteiger partial charge is 0.493 e. The van der Waals surface area contributed by atoms with Crippen LogP contribution in [0.15, 0.2) is 61.1 Å². The van der Waals surface area contributed by atoms with Gasteiger partial charge in [-0.3, -0.25) is 4.79 Å². The quantitative estimate of drug-likeness (QED) is 0.236. The zero-order valence-electron chi connectivity index (χ0n) is 22.0. The van der Waals surface area contributed by atoms with Gasteiger partial charge in [0.15, 0.2) is 11.5 Å². The number of fused-ring (bicyclic) bond motifs is 1. The lowest BCUT2D eigenvalue weighted by atomic mass is 10.2. The van der Waals surface area contributed by atoms with E-state index in [-0.39, 0.29) is 5.91 Å². The Morgan fingerprint density at radius 2 is 2.03 bits per heavy atom. The summed E-state index contributed by atoms with van der Waals surface area (Å²) in [5.74, 6) is 2.01. The van der Waals surface area contributed by atoms with Crippen molar-refractivity contribution in [2.75, 3.05) is 37.4 Å². The average molecular weight is 547 g/mol. The highest BCUT2D eigenvalue weighted by atomic mass is 35.5. The normalized spacial score (nSPS) is 15.3. The minimum atomic E-state index is -0.289. The summed E-state index contributed by atoms with van der Waals surface area (Å²) in [4.78, 5) is 28.2. The number of halogens is 1. The molecule has 3 heterocycles. The van der Waals surface area contributed by atoms with Crippen molar-refractivity contribution in [3.05, 3.63) is 71.6 Å². The van der Waals surface area contributed by atoms with E-state index in [9.17, 15) is 4.79 Å². The van der Waals surface area contributed by atoms with Crippen molar-refractivity contribution in [1.29, 1.82) is 0 Å². The summed E-state index contributed by atoms with van der Waals surface area (Å²) in [6, 6.07) is 14.7. The molecule has 1 amide bonds. The number of likely N-dealkylation sites (tertiary alicyclic amines) is 1. The first-order valence-corrected chi connectivity index (χ1v) is 13.4. The number of ether oxygens (including phenoxy) is 2. The van der Waals surface area contributed by atoms with Gasteiger partial charge in [-0.1, -0.05) is 17.7 Å². The molecule has 1 atom stereocenters.